The second-order valence-corrected chi connectivity index (χ2v) is 6.25. The van der Waals surface area contributed by atoms with Crippen LogP contribution in [0, 0.1) is 0 Å². The van der Waals surface area contributed by atoms with Crippen molar-refractivity contribution in [2.45, 2.75) is 12.3 Å². The number of anilines is 1. The quantitative estimate of drug-likeness (QED) is 0.878. The molecule has 0 saturated carbocycles. The van der Waals surface area contributed by atoms with Gasteiger partial charge in [-0.3, -0.25) is 0 Å². The Labute approximate surface area is 151 Å². The average Bonchev–Trinajstić information content (AvgIpc) is 3.11. The van der Waals surface area contributed by atoms with E-state index in [1.165, 1.54) is 0 Å². The molecular weight excluding hydrogens is 344 g/mol. The van der Waals surface area contributed by atoms with Crippen LogP contribution < -0.4 is 14.4 Å². The normalized spacial score (nSPS) is 16.8. The first-order chi connectivity index (χ1) is 12.0. The van der Waals surface area contributed by atoms with Gasteiger partial charge in [0.15, 0.2) is 5.69 Å². The molecule has 1 aliphatic rings. The Hall–Kier alpha value is -2.47. The molecule has 2 heterocycles. The second kappa shape index (κ2) is 7.19. The third-order valence-corrected chi connectivity index (χ3v) is 4.73. The van der Waals surface area contributed by atoms with Gasteiger partial charge in [0.2, 0.25) is 0 Å². The van der Waals surface area contributed by atoms with Crippen LogP contribution in [0.5, 0.6) is 11.5 Å². The Balaban J connectivity index is 1.85. The van der Waals surface area contributed by atoms with Gasteiger partial charge < -0.3 is 19.5 Å². The number of rotatable bonds is 5. The van der Waals surface area contributed by atoms with E-state index in [9.17, 15) is 9.90 Å². The smallest absolute Gasteiger partial charge is 0.356 e. The second-order valence-electron chi connectivity index (χ2n) is 5.84. The van der Waals surface area contributed by atoms with Gasteiger partial charge >= 0.3 is 5.97 Å². The molecule has 1 N–H and O–H groups in total. The van der Waals surface area contributed by atoms with Gasteiger partial charge in [0.25, 0.3) is 0 Å². The van der Waals surface area contributed by atoms with E-state index < -0.39 is 5.97 Å². The lowest BCUT2D eigenvalue weighted by Gasteiger charge is -2.19. The Bertz CT molecular complexity index is 797. The number of carbonyl (C=O) groups is 1. The summed E-state index contributed by atoms with van der Waals surface area (Å²) in [7, 11) is 3.29. The number of aromatic carboxylic acids is 1. The zero-order valence-electron chi connectivity index (χ0n) is 14.0. The van der Waals surface area contributed by atoms with E-state index in [1.807, 2.05) is 18.2 Å². The van der Waals surface area contributed by atoms with Crippen molar-refractivity contribution in [2.24, 2.45) is 0 Å². The van der Waals surface area contributed by atoms with Gasteiger partial charge in [0.05, 0.1) is 19.2 Å². The molecule has 1 fully saturated rings. The maximum atomic E-state index is 11.2. The van der Waals surface area contributed by atoms with E-state index in [4.69, 9.17) is 21.1 Å². The van der Waals surface area contributed by atoms with E-state index in [0.717, 1.165) is 36.6 Å². The number of hydrogen-bond donors (Lipinski definition) is 1. The number of ether oxygens (including phenoxy) is 2. The molecule has 0 aliphatic carbocycles. The minimum absolute atomic E-state index is 0.124. The minimum atomic E-state index is -1.13. The van der Waals surface area contributed by atoms with Crippen molar-refractivity contribution < 1.29 is 19.4 Å². The summed E-state index contributed by atoms with van der Waals surface area (Å²) in [4.78, 5) is 17.5. The summed E-state index contributed by atoms with van der Waals surface area (Å²) in [5.74, 6) is 1.34. The molecule has 0 unspecified atom stereocenters. The van der Waals surface area contributed by atoms with Crippen molar-refractivity contribution >= 4 is 23.4 Å². The van der Waals surface area contributed by atoms with Crippen LogP contribution in [0.2, 0.25) is 5.02 Å². The Morgan fingerprint density at radius 3 is 2.76 bits per heavy atom. The van der Waals surface area contributed by atoms with Crippen LogP contribution >= 0.6 is 11.6 Å². The fourth-order valence-electron chi connectivity index (χ4n) is 3.14. The lowest BCUT2D eigenvalue weighted by molar-refractivity contribution is 0.0691. The maximum Gasteiger partial charge on any atom is 0.356 e. The molecule has 0 bridgehead atoms. The van der Waals surface area contributed by atoms with Crippen molar-refractivity contribution in [3.05, 3.63) is 46.6 Å². The number of hydrogen-bond acceptors (Lipinski definition) is 5. The van der Waals surface area contributed by atoms with Crippen LogP contribution in [0.3, 0.4) is 0 Å². The summed E-state index contributed by atoms with van der Waals surface area (Å²) in [5, 5.41) is 9.33. The van der Waals surface area contributed by atoms with Gasteiger partial charge in [0.1, 0.15) is 17.3 Å². The van der Waals surface area contributed by atoms with Gasteiger partial charge in [0, 0.05) is 24.6 Å². The molecule has 132 valence electrons. The summed E-state index contributed by atoms with van der Waals surface area (Å²) in [6, 6.07) is 9.09. The van der Waals surface area contributed by atoms with Crippen molar-refractivity contribution in [3.8, 4) is 11.5 Å². The van der Waals surface area contributed by atoms with Crippen LogP contribution in [0.4, 0.5) is 5.82 Å². The minimum Gasteiger partial charge on any atom is -0.497 e. The van der Waals surface area contributed by atoms with Gasteiger partial charge in [-0.25, -0.2) is 9.78 Å². The van der Waals surface area contributed by atoms with Gasteiger partial charge in [-0.15, -0.1) is 0 Å². The molecular formula is C18H19ClN2O4. The van der Waals surface area contributed by atoms with Gasteiger partial charge in [-0.05, 0) is 36.8 Å². The molecule has 25 heavy (non-hydrogen) atoms. The number of methoxy groups -OCH3 is 2. The highest BCUT2D eigenvalue weighted by Gasteiger charge is 2.28. The standard InChI is InChI=1S/C18H19ClN2O4/c1-24-12-3-5-15(25-2)13(9-12)11-7-8-21(10-11)16-6-4-14(19)17(20-16)18(22)23/h3-6,9,11H,7-8,10H2,1-2H3,(H,22,23)/t11-/m1/s1. The predicted octanol–water partition coefficient (Wildman–Crippen LogP) is 3.44. The predicted molar refractivity (Wildman–Crippen MR) is 95.3 cm³/mol. The molecule has 1 aromatic carbocycles. The van der Waals surface area contributed by atoms with Crippen molar-refractivity contribution in [1.29, 1.82) is 0 Å². The molecule has 1 atom stereocenters. The van der Waals surface area contributed by atoms with E-state index in [1.54, 1.807) is 26.4 Å². The Morgan fingerprint density at radius 1 is 1.28 bits per heavy atom. The first kappa shape index (κ1) is 17.4. The first-order valence-corrected chi connectivity index (χ1v) is 8.28. The van der Waals surface area contributed by atoms with Crippen LogP contribution in [0.15, 0.2) is 30.3 Å². The van der Waals surface area contributed by atoms with Crippen LogP contribution in [-0.2, 0) is 0 Å². The summed E-state index contributed by atoms with van der Waals surface area (Å²) >= 11 is 5.90. The number of carboxylic acid groups (broad SMARTS) is 1. The maximum absolute atomic E-state index is 11.2. The van der Waals surface area contributed by atoms with Crippen molar-refractivity contribution in [2.75, 3.05) is 32.2 Å². The SMILES string of the molecule is COc1ccc(OC)c([C@@H]2CCN(c3ccc(Cl)c(C(=O)O)n3)C2)c1. The zero-order valence-corrected chi connectivity index (χ0v) is 14.8. The lowest BCUT2D eigenvalue weighted by atomic mass is 9.97. The number of nitrogens with zero attached hydrogens (tertiary/aromatic N) is 2. The number of carboxylic acids is 1. The third kappa shape index (κ3) is 3.49. The highest BCUT2D eigenvalue weighted by molar-refractivity contribution is 6.33. The van der Waals surface area contributed by atoms with Crippen LogP contribution in [0.1, 0.15) is 28.4 Å². The van der Waals surface area contributed by atoms with E-state index in [0.29, 0.717) is 5.82 Å². The summed E-state index contributed by atoms with van der Waals surface area (Å²) in [6.45, 7) is 1.50. The Kier molecular flexibility index (Phi) is 4.99. The van der Waals surface area contributed by atoms with Gasteiger partial charge in [-0.2, -0.15) is 0 Å². The number of pyridine rings is 1. The fourth-order valence-corrected chi connectivity index (χ4v) is 3.32. The Morgan fingerprint density at radius 2 is 2.08 bits per heavy atom. The molecule has 0 spiro atoms. The largest absolute Gasteiger partial charge is 0.497 e. The van der Waals surface area contributed by atoms with E-state index >= 15 is 0 Å². The molecule has 1 aliphatic heterocycles. The molecule has 0 amide bonds. The lowest BCUT2D eigenvalue weighted by Crippen LogP contribution is -2.21. The fraction of sp³-hybridized carbons (Fsp3) is 0.333. The molecule has 6 nitrogen and oxygen atoms in total. The molecule has 1 aromatic heterocycles. The third-order valence-electron chi connectivity index (χ3n) is 4.42. The highest BCUT2D eigenvalue weighted by Crippen LogP contribution is 2.37. The van der Waals surface area contributed by atoms with Crippen LogP contribution in [-0.4, -0.2) is 43.4 Å². The van der Waals surface area contributed by atoms with E-state index in [-0.39, 0.29) is 16.6 Å². The number of halogens is 1. The summed E-state index contributed by atoms with van der Waals surface area (Å²) < 4.78 is 10.8. The monoisotopic (exact) mass is 362 g/mol. The highest BCUT2D eigenvalue weighted by atomic mass is 35.5. The van der Waals surface area contributed by atoms with Gasteiger partial charge in [-0.1, -0.05) is 11.6 Å². The molecule has 0 radical (unpaired) electrons. The van der Waals surface area contributed by atoms with Crippen LogP contribution in [0.25, 0.3) is 0 Å². The summed E-state index contributed by atoms with van der Waals surface area (Å²) in [6.07, 6.45) is 0.913. The summed E-state index contributed by atoms with van der Waals surface area (Å²) in [5.41, 5.74) is 0.957. The molecule has 1 saturated heterocycles. The molecule has 2 aromatic rings. The average molecular weight is 363 g/mol. The van der Waals surface area contributed by atoms with Crippen molar-refractivity contribution in [3.63, 3.8) is 0 Å². The molecule has 7 heteroatoms. The number of benzene rings is 1. The zero-order chi connectivity index (χ0) is 18.0. The first-order valence-electron chi connectivity index (χ1n) is 7.90. The number of aromatic nitrogens is 1. The van der Waals surface area contributed by atoms with Crippen molar-refractivity contribution in [1.82, 2.24) is 4.98 Å². The molecule has 3 rings (SSSR count). The van der Waals surface area contributed by atoms with E-state index in [2.05, 4.69) is 9.88 Å². The topological polar surface area (TPSA) is 71.9 Å².